The van der Waals surface area contributed by atoms with Gasteiger partial charge in [-0.1, -0.05) is 13.8 Å². The summed E-state index contributed by atoms with van der Waals surface area (Å²) in [5.74, 6) is 0.713. The number of epoxide rings is 1. The molecule has 1 spiro atoms. The number of Topliss-reactive ketones (excluding diaryl/α,β-unsaturated/α-hetero) is 1. The molecule has 1 unspecified atom stereocenters. The number of aromatic nitrogens is 2. The third-order valence-corrected chi connectivity index (χ3v) is 3.34. The van der Waals surface area contributed by atoms with Gasteiger partial charge in [0.1, 0.15) is 11.3 Å². The van der Waals surface area contributed by atoms with Crippen LogP contribution in [0.3, 0.4) is 0 Å². The normalized spacial score (nSPS) is 27.6. The van der Waals surface area contributed by atoms with Crippen molar-refractivity contribution in [3.05, 3.63) is 17.7 Å². The second kappa shape index (κ2) is 3.17. The highest BCUT2D eigenvalue weighted by Crippen LogP contribution is 2.47. The molecule has 2 aliphatic rings. The summed E-state index contributed by atoms with van der Waals surface area (Å²) in [6, 6.07) is 0. The number of nitrogens with zero attached hydrogens (tertiary/aromatic N) is 2. The van der Waals surface area contributed by atoms with Crippen molar-refractivity contribution in [2.75, 3.05) is 6.61 Å². The summed E-state index contributed by atoms with van der Waals surface area (Å²) in [7, 11) is 0. The van der Waals surface area contributed by atoms with Crippen molar-refractivity contribution in [3.8, 4) is 0 Å². The van der Waals surface area contributed by atoms with Gasteiger partial charge in [-0.05, 0) is 12.3 Å². The summed E-state index contributed by atoms with van der Waals surface area (Å²) in [6.45, 7) is 5.98. The van der Waals surface area contributed by atoms with Crippen LogP contribution in [0.2, 0.25) is 0 Å². The number of imidazole rings is 1. The van der Waals surface area contributed by atoms with E-state index >= 15 is 0 Å². The topological polar surface area (TPSA) is 47.4 Å². The summed E-state index contributed by atoms with van der Waals surface area (Å²) in [6.07, 6.45) is 3.19. The van der Waals surface area contributed by atoms with E-state index in [9.17, 15) is 4.79 Å². The molecule has 1 aromatic heterocycles. The minimum Gasteiger partial charge on any atom is -0.363 e. The number of carbonyl (C=O) groups excluding carboxylic acids is 1. The Morgan fingerprint density at radius 2 is 2.38 bits per heavy atom. The minimum absolute atomic E-state index is 0.165. The lowest BCUT2D eigenvalue weighted by Crippen LogP contribution is -2.25. The second-order valence-electron chi connectivity index (χ2n) is 5.19. The number of ketones is 1. The molecule has 4 nitrogen and oxygen atoms in total. The van der Waals surface area contributed by atoms with Crippen molar-refractivity contribution in [1.82, 2.24) is 9.55 Å². The van der Waals surface area contributed by atoms with Crippen LogP contribution in [0.25, 0.3) is 0 Å². The van der Waals surface area contributed by atoms with Crippen molar-refractivity contribution in [3.63, 3.8) is 0 Å². The Labute approximate surface area is 94.6 Å². The molecule has 1 aliphatic heterocycles. The first-order chi connectivity index (χ1) is 7.62. The van der Waals surface area contributed by atoms with Crippen LogP contribution in [0.15, 0.2) is 6.33 Å². The van der Waals surface area contributed by atoms with E-state index in [4.69, 9.17) is 4.74 Å². The molecule has 1 aliphatic carbocycles. The van der Waals surface area contributed by atoms with Crippen LogP contribution in [-0.4, -0.2) is 21.9 Å². The zero-order valence-electron chi connectivity index (χ0n) is 9.69. The lowest BCUT2D eigenvalue weighted by Gasteiger charge is -2.21. The van der Waals surface area contributed by atoms with Gasteiger partial charge in [0.25, 0.3) is 0 Å². The monoisotopic (exact) mass is 220 g/mol. The molecule has 0 amide bonds. The average Bonchev–Trinajstić information content (AvgIpc) is 2.87. The Bertz CT molecular complexity index is 444. The molecule has 0 saturated carbocycles. The van der Waals surface area contributed by atoms with E-state index < -0.39 is 0 Å². The number of rotatable bonds is 2. The van der Waals surface area contributed by atoms with Gasteiger partial charge in [-0.2, -0.15) is 0 Å². The zero-order valence-corrected chi connectivity index (χ0v) is 9.69. The molecule has 0 N–H and O–H groups in total. The van der Waals surface area contributed by atoms with E-state index in [0.29, 0.717) is 18.0 Å². The molecular weight excluding hydrogens is 204 g/mol. The summed E-state index contributed by atoms with van der Waals surface area (Å²) in [4.78, 5) is 16.0. The van der Waals surface area contributed by atoms with E-state index in [-0.39, 0.29) is 11.4 Å². The van der Waals surface area contributed by atoms with Gasteiger partial charge in [0.15, 0.2) is 5.78 Å². The fourth-order valence-electron chi connectivity index (χ4n) is 2.52. The predicted octanol–water partition coefficient (Wildman–Crippen LogP) is 1.74. The highest BCUT2D eigenvalue weighted by molar-refractivity contribution is 5.97. The second-order valence-corrected chi connectivity index (χ2v) is 5.19. The number of hydrogen-bond acceptors (Lipinski definition) is 3. The summed E-state index contributed by atoms with van der Waals surface area (Å²) in [5, 5.41) is 0. The summed E-state index contributed by atoms with van der Waals surface area (Å²) >= 11 is 0. The number of hydrogen-bond donors (Lipinski definition) is 0. The van der Waals surface area contributed by atoms with Gasteiger partial charge in [0.05, 0.1) is 18.6 Å². The van der Waals surface area contributed by atoms with E-state index in [2.05, 4.69) is 23.4 Å². The smallest absolute Gasteiger partial charge is 0.183 e. The first kappa shape index (κ1) is 10.0. The molecule has 4 heteroatoms. The maximum absolute atomic E-state index is 11.8. The van der Waals surface area contributed by atoms with E-state index in [1.54, 1.807) is 6.33 Å². The van der Waals surface area contributed by atoms with Crippen LogP contribution < -0.4 is 0 Å². The third kappa shape index (κ3) is 1.33. The van der Waals surface area contributed by atoms with Crippen LogP contribution in [0.1, 0.15) is 42.9 Å². The van der Waals surface area contributed by atoms with Gasteiger partial charge in [-0.3, -0.25) is 4.79 Å². The molecule has 0 radical (unpaired) electrons. The molecule has 0 bridgehead atoms. The molecular formula is C12H16N2O2. The molecule has 16 heavy (non-hydrogen) atoms. The maximum Gasteiger partial charge on any atom is 0.183 e. The quantitative estimate of drug-likeness (QED) is 0.713. The van der Waals surface area contributed by atoms with Gasteiger partial charge in [0, 0.05) is 13.0 Å². The van der Waals surface area contributed by atoms with E-state index in [1.807, 2.05) is 0 Å². The summed E-state index contributed by atoms with van der Waals surface area (Å²) in [5.41, 5.74) is 1.50. The van der Waals surface area contributed by atoms with Crippen molar-refractivity contribution in [1.29, 1.82) is 0 Å². The average molecular weight is 220 g/mol. The van der Waals surface area contributed by atoms with Crippen molar-refractivity contribution in [2.45, 2.75) is 38.8 Å². The van der Waals surface area contributed by atoms with Gasteiger partial charge in [-0.25, -0.2) is 4.98 Å². The highest BCUT2D eigenvalue weighted by atomic mass is 16.6. The standard InChI is InChI=1S/C12H16N2O2/c1-8(2)5-14-7-13-10-9(15)3-4-12(6-16-12)11(10)14/h7-8H,3-6H2,1-2H3. The van der Waals surface area contributed by atoms with Crippen LogP contribution in [-0.2, 0) is 16.9 Å². The lowest BCUT2D eigenvalue weighted by molar-refractivity contribution is 0.0939. The Kier molecular flexibility index (Phi) is 1.98. The first-order valence-corrected chi connectivity index (χ1v) is 5.85. The third-order valence-electron chi connectivity index (χ3n) is 3.34. The van der Waals surface area contributed by atoms with Gasteiger partial charge in [-0.15, -0.1) is 0 Å². The molecule has 3 rings (SSSR count). The summed E-state index contributed by atoms with van der Waals surface area (Å²) < 4.78 is 7.68. The largest absolute Gasteiger partial charge is 0.363 e. The molecule has 2 heterocycles. The lowest BCUT2D eigenvalue weighted by atomic mass is 9.89. The minimum atomic E-state index is -0.172. The predicted molar refractivity (Wildman–Crippen MR) is 58.3 cm³/mol. The molecule has 1 aromatic rings. The van der Waals surface area contributed by atoms with Crippen molar-refractivity contribution >= 4 is 5.78 Å². The van der Waals surface area contributed by atoms with Crippen LogP contribution in [0.4, 0.5) is 0 Å². The van der Waals surface area contributed by atoms with Gasteiger partial charge < -0.3 is 9.30 Å². The number of carbonyl (C=O) groups is 1. The Morgan fingerprint density at radius 3 is 3.00 bits per heavy atom. The van der Waals surface area contributed by atoms with Crippen molar-refractivity contribution < 1.29 is 9.53 Å². The van der Waals surface area contributed by atoms with Crippen LogP contribution in [0.5, 0.6) is 0 Å². The van der Waals surface area contributed by atoms with Crippen LogP contribution in [0, 0.1) is 5.92 Å². The van der Waals surface area contributed by atoms with E-state index in [1.165, 1.54) is 0 Å². The molecule has 1 saturated heterocycles. The highest BCUT2D eigenvalue weighted by Gasteiger charge is 2.53. The SMILES string of the molecule is CC(C)Cn1cnc2c1C1(CCC2=O)CO1. The van der Waals surface area contributed by atoms with Crippen molar-refractivity contribution in [2.24, 2.45) is 5.92 Å². The number of ether oxygens (including phenoxy) is 1. The molecule has 1 fully saturated rings. The number of fused-ring (bicyclic) bond motifs is 2. The van der Waals surface area contributed by atoms with Crippen LogP contribution >= 0.6 is 0 Å². The van der Waals surface area contributed by atoms with Gasteiger partial charge in [0.2, 0.25) is 0 Å². The first-order valence-electron chi connectivity index (χ1n) is 5.85. The fraction of sp³-hybridized carbons (Fsp3) is 0.667. The zero-order chi connectivity index (χ0) is 11.3. The van der Waals surface area contributed by atoms with E-state index in [0.717, 1.165) is 25.3 Å². The van der Waals surface area contributed by atoms with Gasteiger partial charge >= 0.3 is 0 Å². The maximum atomic E-state index is 11.8. The Balaban J connectivity index is 2.06. The molecule has 0 aromatic carbocycles. The Hall–Kier alpha value is -1.16. The molecule has 1 atom stereocenters. The molecule has 86 valence electrons. The fourth-order valence-corrected chi connectivity index (χ4v) is 2.52. The Morgan fingerprint density at radius 1 is 1.62 bits per heavy atom.